The van der Waals surface area contributed by atoms with Crippen LogP contribution < -0.4 is 0 Å². The van der Waals surface area contributed by atoms with E-state index in [1.54, 1.807) is 5.56 Å². The molecule has 0 aromatic heterocycles. The van der Waals surface area contributed by atoms with Gasteiger partial charge < -0.3 is 0 Å². The molecule has 0 amide bonds. The summed E-state index contributed by atoms with van der Waals surface area (Å²) in [4.78, 5) is 0. The van der Waals surface area contributed by atoms with Crippen molar-refractivity contribution in [2.45, 2.75) is 25.2 Å². The van der Waals surface area contributed by atoms with Gasteiger partial charge >= 0.3 is 0 Å². The number of alkyl halides is 1. The normalized spacial score (nSPS) is 16.4. The van der Waals surface area contributed by atoms with Crippen molar-refractivity contribution in [2.24, 2.45) is 0 Å². The van der Waals surface area contributed by atoms with E-state index in [2.05, 4.69) is 40.2 Å². The first-order valence-electron chi connectivity index (χ1n) is 4.55. The fourth-order valence-corrected chi connectivity index (χ4v) is 2.08. The van der Waals surface area contributed by atoms with Crippen LogP contribution in [0.5, 0.6) is 0 Å². The highest BCUT2D eigenvalue weighted by Gasteiger charge is 2.24. The summed E-state index contributed by atoms with van der Waals surface area (Å²) in [6, 6.07) is 8.85. The molecule has 1 aromatic rings. The van der Waals surface area contributed by atoms with Gasteiger partial charge in [0.2, 0.25) is 0 Å². The van der Waals surface area contributed by atoms with Crippen LogP contribution in [0.3, 0.4) is 0 Å². The van der Waals surface area contributed by atoms with E-state index in [4.69, 9.17) is 0 Å². The minimum absolute atomic E-state index is 0.889. The van der Waals surface area contributed by atoms with Gasteiger partial charge in [0.05, 0.1) is 0 Å². The molecule has 1 heteroatoms. The summed E-state index contributed by atoms with van der Waals surface area (Å²) in [5, 5.41) is 1.08. The van der Waals surface area contributed by atoms with Crippen molar-refractivity contribution >= 4 is 15.9 Å². The molecule has 0 radical (unpaired) electrons. The lowest BCUT2D eigenvalue weighted by atomic mass is 10.0. The molecule has 0 spiro atoms. The van der Waals surface area contributed by atoms with Crippen LogP contribution in [0.4, 0.5) is 0 Å². The SMILES string of the molecule is BrCCc1ccccc1C1CC1. The van der Waals surface area contributed by atoms with Gasteiger partial charge in [0.15, 0.2) is 0 Å². The molecule has 0 bridgehead atoms. The van der Waals surface area contributed by atoms with Gasteiger partial charge in [-0.05, 0) is 36.3 Å². The average molecular weight is 225 g/mol. The van der Waals surface area contributed by atoms with Crippen molar-refractivity contribution < 1.29 is 0 Å². The van der Waals surface area contributed by atoms with Gasteiger partial charge in [0, 0.05) is 5.33 Å². The first-order chi connectivity index (χ1) is 5.92. The molecule has 64 valence electrons. The molecular formula is C11H13Br. The van der Waals surface area contributed by atoms with Gasteiger partial charge in [-0.15, -0.1) is 0 Å². The number of aryl methyl sites for hydroxylation is 1. The minimum atomic E-state index is 0.889. The summed E-state index contributed by atoms with van der Waals surface area (Å²) in [5.74, 6) is 0.889. The monoisotopic (exact) mass is 224 g/mol. The van der Waals surface area contributed by atoms with E-state index in [-0.39, 0.29) is 0 Å². The van der Waals surface area contributed by atoms with Crippen molar-refractivity contribution in [3.05, 3.63) is 35.4 Å². The van der Waals surface area contributed by atoms with Crippen molar-refractivity contribution in [3.8, 4) is 0 Å². The molecule has 12 heavy (non-hydrogen) atoms. The number of halogens is 1. The Labute approximate surface area is 82.1 Å². The van der Waals surface area contributed by atoms with Crippen molar-refractivity contribution in [1.29, 1.82) is 0 Å². The Balaban J connectivity index is 2.24. The highest BCUT2D eigenvalue weighted by Crippen LogP contribution is 2.41. The third-order valence-electron chi connectivity index (χ3n) is 2.44. The van der Waals surface area contributed by atoms with Crippen LogP contribution in [0.2, 0.25) is 0 Å². The fraction of sp³-hybridized carbons (Fsp3) is 0.455. The molecule has 0 heterocycles. The zero-order chi connectivity index (χ0) is 8.39. The van der Waals surface area contributed by atoms with E-state index in [0.717, 1.165) is 11.2 Å². The molecule has 0 nitrogen and oxygen atoms in total. The third-order valence-corrected chi connectivity index (χ3v) is 2.83. The van der Waals surface area contributed by atoms with Crippen LogP contribution in [0.15, 0.2) is 24.3 Å². The number of hydrogen-bond acceptors (Lipinski definition) is 0. The second kappa shape index (κ2) is 3.61. The molecule has 0 aliphatic heterocycles. The Bertz CT molecular complexity index is 263. The summed E-state index contributed by atoms with van der Waals surface area (Å²) in [6.45, 7) is 0. The molecule has 2 rings (SSSR count). The Morgan fingerprint density at radius 2 is 2.00 bits per heavy atom. The van der Waals surface area contributed by atoms with Gasteiger partial charge in [-0.3, -0.25) is 0 Å². The van der Waals surface area contributed by atoms with Crippen molar-refractivity contribution in [2.75, 3.05) is 5.33 Å². The van der Waals surface area contributed by atoms with E-state index < -0.39 is 0 Å². The Morgan fingerprint density at radius 1 is 1.25 bits per heavy atom. The second-order valence-electron chi connectivity index (χ2n) is 3.41. The Morgan fingerprint density at radius 3 is 2.67 bits per heavy atom. The van der Waals surface area contributed by atoms with E-state index >= 15 is 0 Å². The molecule has 1 fully saturated rings. The topological polar surface area (TPSA) is 0 Å². The van der Waals surface area contributed by atoms with Crippen molar-refractivity contribution in [1.82, 2.24) is 0 Å². The molecule has 0 atom stereocenters. The van der Waals surface area contributed by atoms with Crippen LogP contribution in [0.1, 0.15) is 29.9 Å². The van der Waals surface area contributed by atoms with E-state index in [9.17, 15) is 0 Å². The molecule has 1 aliphatic carbocycles. The summed E-state index contributed by atoms with van der Waals surface area (Å²) < 4.78 is 0. The van der Waals surface area contributed by atoms with E-state index in [1.807, 2.05) is 0 Å². The Hall–Kier alpha value is -0.300. The molecule has 1 aliphatic rings. The molecule has 1 aromatic carbocycles. The predicted octanol–water partition coefficient (Wildman–Crippen LogP) is 3.50. The highest BCUT2D eigenvalue weighted by molar-refractivity contribution is 9.09. The number of benzene rings is 1. The first-order valence-corrected chi connectivity index (χ1v) is 5.67. The largest absolute Gasteiger partial charge is 0.0924 e. The lowest BCUT2D eigenvalue weighted by molar-refractivity contribution is 1.04. The second-order valence-corrected chi connectivity index (χ2v) is 4.21. The minimum Gasteiger partial charge on any atom is -0.0924 e. The molecule has 1 saturated carbocycles. The van der Waals surface area contributed by atoms with Gasteiger partial charge in [-0.1, -0.05) is 40.2 Å². The third kappa shape index (κ3) is 1.71. The fourth-order valence-electron chi connectivity index (χ4n) is 1.66. The number of rotatable bonds is 3. The summed E-state index contributed by atoms with van der Waals surface area (Å²) in [5.41, 5.74) is 3.13. The van der Waals surface area contributed by atoms with Crippen LogP contribution >= 0.6 is 15.9 Å². The standard InChI is InChI=1S/C11H13Br/c12-8-7-9-3-1-2-4-11(9)10-5-6-10/h1-4,10H,5-8H2. The van der Waals surface area contributed by atoms with Gasteiger partial charge in [-0.25, -0.2) is 0 Å². The van der Waals surface area contributed by atoms with E-state index in [0.29, 0.717) is 0 Å². The van der Waals surface area contributed by atoms with E-state index in [1.165, 1.54) is 24.8 Å². The van der Waals surface area contributed by atoms with Crippen molar-refractivity contribution in [3.63, 3.8) is 0 Å². The Kier molecular flexibility index (Phi) is 2.50. The molecule has 0 saturated heterocycles. The van der Waals surface area contributed by atoms with Gasteiger partial charge in [0.25, 0.3) is 0 Å². The first kappa shape index (κ1) is 8.31. The highest BCUT2D eigenvalue weighted by atomic mass is 79.9. The molecule has 0 N–H and O–H groups in total. The maximum absolute atomic E-state index is 3.49. The van der Waals surface area contributed by atoms with Gasteiger partial charge in [0.1, 0.15) is 0 Å². The predicted molar refractivity (Wildman–Crippen MR) is 55.9 cm³/mol. The summed E-state index contributed by atoms with van der Waals surface area (Å²) in [7, 11) is 0. The average Bonchev–Trinajstić information content (AvgIpc) is 2.89. The van der Waals surface area contributed by atoms with Gasteiger partial charge in [-0.2, -0.15) is 0 Å². The molecular weight excluding hydrogens is 212 g/mol. The molecule has 0 unspecified atom stereocenters. The quantitative estimate of drug-likeness (QED) is 0.690. The summed E-state index contributed by atoms with van der Waals surface area (Å²) in [6.07, 6.45) is 3.98. The summed E-state index contributed by atoms with van der Waals surface area (Å²) >= 11 is 3.49. The lowest BCUT2D eigenvalue weighted by Crippen LogP contribution is -1.92. The smallest absolute Gasteiger partial charge is 0.00719 e. The van der Waals surface area contributed by atoms with Crippen LogP contribution in [-0.4, -0.2) is 5.33 Å². The zero-order valence-electron chi connectivity index (χ0n) is 7.09. The van der Waals surface area contributed by atoms with Crippen LogP contribution in [-0.2, 0) is 6.42 Å². The maximum Gasteiger partial charge on any atom is 0.00719 e. The maximum atomic E-state index is 3.49. The zero-order valence-corrected chi connectivity index (χ0v) is 8.68. The lowest BCUT2D eigenvalue weighted by Gasteiger charge is -2.05. The van der Waals surface area contributed by atoms with Crippen LogP contribution in [0.25, 0.3) is 0 Å². The number of hydrogen-bond donors (Lipinski definition) is 0. The van der Waals surface area contributed by atoms with Crippen LogP contribution in [0, 0.1) is 0 Å².